The lowest BCUT2D eigenvalue weighted by Gasteiger charge is -2.36. The summed E-state index contributed by atoms with van der Waals surface area (Å²) >= 11 is 1.41. The topological polar surface area (TPSA) is 62.7 Å². The number of rotatable bonds is 5. The summed E-state index contributed by atoms with van der Waals surface area (Å²) in [4.78, 5) is 34.4. The second-order valence-corrected chi connectivity index (χ2v) is 8.15. The van der Waals surface area contributed by atoms with Crippen LogP contribution < -0.4 is 0 Å². The van der Waals surface area contributed by atoms with E-state index in [1.54, 1.807) is 19.1 Å². The molecular formula is C21H27N3O3S. The Morgan fingerprint density at radius 1 is 1.14 bits per heavy atom. The Bertz CT molecular complexity index is 837. The van der Waals surface area contributed by atoms with Crippen LogP contribution in [0, 0.1) is 6.92 Å². The van der Waals surface area contributed by atoms with E-state index in [0.29, 0.717) is 23.1 Å². The zero-order chi connectivity index (χ0) is 20.3. The van der Waals surface area contributed by atoms with E-state index in [-0.39, 0.29) is 11.9 Å². The maximum absolute atomic E-state index is 13.0. The van der Waals surface area contributed by atoms with Crippen molar-refractivity contribution in [3.63, 3.8) is 0 Å². The van der Waals surface area contributed by atoms with Crippen molar-refractivity contribution in [2.45, 2.75) is 33.7 Å². The molecule has 1 aromatic carbocycles. The zero-order valence-electron chi connectivity index (χ0n) is 16.9. The maximum Gasteiger partial charge on any atom is 0.338 e. The zero-order valence-corrected chi connectivity index (χ0v) is 17.7. The molecule has 6 nitrogen and oxygen atoms in total. The highest BCUT2D eigenvalue weighted by Gasteiger charge is 2.26. The number of aromatic nitrogens is 1. The summed E-state index contributed by atoms with van der Waals surface area (Å²) in [5.41, 5.74) is 2.16. The SMILES string of the molecule is CCOC(=O)c1ccc(-c2nc(C)c(C(=O)N3CCN(C(C)C)CC3)s2)cc1. The molecule has 1 saturated heterocycles. The minimum atomic E-state index is -0.333. The van der Waals surface area contributed by atoms with E-state index < -0.39 is 0 Å². The first-order valence-electron chi connectivity index (χ1n) is 9.69. The van der Waals surface area contributed by atoms with Crippen molar-refractivity contribution in [1.29, 1.82) is 0 Å². The summed E-state index contributed by atoms with van der Waals surface area (Å²) in [7, 11) is 0. The van der Waals surface area contributed by atoms with Crippen molar-refractivity contribution in [2.24, 2.45) is 0 Å². The first-order valence-corrected chi connectivity index (χ1v) is 10.5. The third-order valence-electron chi connectivity index (χ3n) is 4.97. The molecule has 0 saturated carbocycles. The van der Waals surface area contributed by atoms with Gasteiger partial charge >= 0.3 is 5.97 Å². The van der Waals surface area contributed by atoms with Crippen LogP contribution in [-0.2, 0) is 4.74 Å². The third kappa shape index (κ3) is 4.42. The average molecular weight is 402 g/mol. The molecule has 1 aliphatic heterocycles. The highest BCUT2D eigenvalue weighted by Crippen LogP contribution is 2.29. The number of hydrogen-bond acceptors (Lipinski definition) is 6. The van der Waals surface area contributed by atoms with E-state index in [1.807, 2.05) is 24.0 Å². The molecule has 28 heavy (non-hydrogen) atoms. The number of carbonyl (C=O) groups excluding carboxylic acids is 2. The van der Waals surface area contributed by atoms with Crippen LogP contribution in [0.25, 0.3) is 10.6 Å². The largest absolute Gasteiger partial charge is 0.462 e. The fourth-order valence-corrected chi connectivity index (χ4v) is 4.31. The van der Waals surface area contributed by atoms with Gasteiger partial charge in [0, 0.05) is 37.8 Å². The van der Waals surface area contributed by atoms with Crippen LogP contribution in [0.15, 0.2) is 24.3 Å². The van der Waals surface area contributed by atoms with Crippen LogP contribution in [0.1, 0.15) is 46.5 Å². The fourth-order valence-electron chi connectivity index (χ4n) is 3.27. The Labute approximate surface area is 170 Å². The highest BCUT2D eigenvalue weighted by atomic mass is 32.1. The number of piperazine rings is 1. The van der Waals surface area contributed by atoms with Gasteiger partial charge in [-0.15, -0.1) is 11.3 Å². The van der Waals surface area contributed by atoms with Crippen LogP contribution in [0.5, 0.6) is 0 Å². The van der Waals surface area contributed by atoms with E-state index in [4.69, 9.17) is 4.74 Å². The predicted octanol–water partition coefficient (Wildman–Crippen LogP) is 3.46. The fraction of sp³-hybridized carbons (Fsp3) is 0.476. The van der Waals surface area contributed by atoms with Gasteiger partial charge < -0.3 is 9.64 Å². The first kappa shape index (κ1) is 20.5. The molecule has 1 amide bonds. The molecule has 2 heterocycles. The van der Waals surface area contributed by atoms with E-state index in [9.17, 15) is 9.59 Å². The lowest BCUT2D eigenvalue weighted by atomic mass is 10.1. The maximum atomic E-state index is 13.0. The standard InChI is InChI=1S/C21H27N3O3S/c1-5-27-21(26)17-8-6-16(7-9-17)19-22-15(4)18(28-19)20(25)24-12-10-23(11-13-24)14(2)3/h6-9,14H,5,10-13H2,1-4H3. The molecule has 3 rings (SSSR count). The molecule has 0 spiro atoms. The van der Waals surface area contributed by atoms with Crippen LogP contribution in [0.3, 0.4) is 0 Å². The summed E-state index contributed by atoms with van der Waals surface area (Å²) < 4.78 is 5.01. The molecule has 1 fully saturated rings. The second-order valence-electron chi connectivity index (χ2n) is 7.15. The van der Waals surface area contributed by atoms with Gasteiger partial charge in [0.15, 0.2) is 0 Å². The number of thiazole rings is 1. The van der Waals surface area contributed by atoms with Gasteiger partial charge in [0.1, 0.15) is 9.88 Å². The van der Waals surface area contributed by atoms with Crippen LogP contribution in [0.2, 0.25) is 0 Å². The minimum absolute atomic E-state index is 0.0628. The Kier molecular flexibility index (Phi) is 6.46. The molecule has 0 aliphatic carbocycles. The van der Waals surface area contributed by atoms with Gasteiger partial charge in [-0.3, -0.25) is 9.69 Å². The predicted molar refractivity (Wildman–Crippen MR) is 111 cm³/mol. The van der Waals surface area contributed by atoms with Gasteiger partial charge in [0.25, 0.3) is 5.91 Å². The van der Waals surface area contributed by atoms with Gasteiger partial charge in [0.05, 0.1) is 17.9 Å². The van der Waals surface area contributed by atoms with E-state index >= 15 is 0 Å². The summed E-state index contributed by atoms with van der Waals surface area (Å²) in [5, 5.41) is 0.789. The highest BCUT2D eigenvalue weighted by molar-refractivity contribution is 7.17. The summed E-state index contributed by atoms with van der Waals surface area (Å²) in [6.45, 7) is 11.7. The van der Waals surface area contributed by atoms with E-state index in [2.05, 4.69) is 23.7 Å². The number of nitrogens with zero attached hydrogens (tertiary/aromatic N) is 3. The van der Waals surface area contributed by atoms with Crippen molar-refractivity contribution >= 4 is 23.2 Å². The average Bonchev–Trinajstić information content (AvgIpc) is 3.09. The first-order chi connectivity index (χ1) is 13.4. The quantitative estimate of drug-likeness (QED) is 0.718. The van der Waals surface area contributed by atoms with Crippen molar-refractivity contribution in [1.82, 2.24) is 14.8 Å². The van der Waals surface area contributed by atoms with Crippen LogP contribution in [-0.4, -0.2) is 65.5 Å². The van der Waals surface area contributed by atoms with Gasteiger partial charge in [-0.05, 0) is 39.8 Å². The van der Waals surface area contributed by atoms with Gasteiger partial charge in [0.2, 0.25) is 0 Å². The molecule has 150 valence electrons. The lowest BCUT2D eigenvalue weighted by Crippen LogP contribution is -2.50. The Hall–Kier alpha value is -2.25. The molecule has 0 bridgehead atoms. The molecule has 0 atom stereocenters. The monoisotopic (exact) mass is 401 g/mol. The number of aryl methyl sites for hydroxylation is 1. The number of hydrogen-bond donors (Lipinski definition) is 0. The van der Waals surface area contributed by atoms with Gasteiger partial charge in [-0.2, -0.15) is 0 Å². The van der Waals surface area contributed by atoms with Crippen LogP contribution in [0.4, 0.5) is 0 Å². The van der Waals surface area contributed by atoms with E-state index in [1.165, 1.54) is 11.3 Å². The smallest absolute Gasteiger partial charge is 0.338 e. The molecule has 7 heteroatoms. The number of carbonyl (C=O) groups is 2. The molecular weight excluding hydrogens is 374 g/mol. The van der Waals surface area contributed by atoms with Crippen molar-refractivity contribution < 1.29 is 14.3 Å². The number of esters is 1. The Morgan fingerprint density at radius 2 is 1.79 bits per heavy atom. The molecule has 1 aromatic heterocycles. The van der Waals surface area contributed by atoms with Crippen molar-refractivity contribution in [3.05, 3.63) is 40.4 Å². The van der Waals surface area contributed by atoms with Gasteiger partial charge in [-0.25, -0.2) is 9.78 Å². The normalized spacial score (nSPS) is 15.1. The summed E-state index contributed by atoms with van der Waals surface area (Å²) in [6.07, 6.45) is 0. The van der Waals surface area contributed by atoms with Gasteiger partial charge in [-0.1, -0.05) is 12.1 Å². The lowest BCUT2D eigenvalue weighted by molar-refractivity contribution is 0.0525. The molecule has 0 N–H and O–H groups in total. The molecule has 0 unspecified atom stereocenters. The molecule has 2 aromatic rings. The third-order valence-corrected chi connectivity index (χ3v) is 6.16. The van der Waals surface area contributed by atoms with Crippen LogP contribution >= 0.6 is 11.3 Å². The summed E-state index contributed by atoms with van der Waals surface area (Å²) in [5.74, 6) is -0.270. The second kappa shape index (κ2) is 8.84. The number of amides is 1. The van der Waals surface area contributed by atoms with Crippen molar-refractivity contribution in [3.8, 4) is 10.6 Å². The van der Waals surface area contributed by atoms with Crippen molar-refractivity contribution in [2.75, 3.05) is 32.8 Å². The number of ether oxygens (including phenoxy) is 1. The Morgan fingerprint density at radius 3 is 2.36 bits per heavy atom. The minimum Gasteiger partial charge on any atom is -0.462 e. The number of benzene rings is 1. The molecule has 0 radical (unpaired) electrons. The molecule has 1 aliphatic rings. The Balaban J connectivity index is 1.72. The summed E-state index contributed by atoms with van der Waals surface area (Å²) in [6, 6.07) is 7.67. The van der Waals surface area contributed by atoms with E-state index in [0.717, 1.165) is 42.4 Å².